The van der Waals surface area contributed by atoms with E-state index >= 15 is 0 Å². The number of rotatable bonds is 3. The Hall–Kier alpha value is -5.67. The van der Waals surface area contributed by atoms with Gasteiger partial charge in [-0.2, -0.15) is 0 Å². The Balaban J connectivity index is 1.26. The van der Waals surface area contributed by atoms with Crippen molar-refractivity contribution in [2.24, 2.45) is 0 Å². The van der Waals surface area contributed by atoms with E-state index in [4.69, 9.17) is 15.0 Å². The topological polar surface area (TPSA) is 38.7 Å². The van der Waals surface area contributed by atoms with E-state index in [1.54, 1.807) is 0 Å². The van der Waals surface area contributed by atoms with Gasteiger partial charge in [0.1, 0.15) is 0 Å². The van der Waals surface area contributed by atoms with Gasteiger partial charge in [-0.15, -0.1) is 0 Å². The monoisotopic (exact) mass is 575 g/mol. The number of aromatic nitrogens is 3. The van der Waals surface area contributed by atoms with E-state index in [1.807, 2.05) is 60.7 Å². The molecule has 0 amide bonds. The van der Waals surface area contributed by atoms with E-state index in [2.05, 4.69) is 92.7 Å². The molecule has 0 bridgehead atoms. The molecule has 45 heavy (non-hydrogen) atoms. The quantitative estimate of drug-likeness (QED) is 0.197. The van der Waals surface area contributed by atoms with Crippen LogP contribution in [-0.2, 0) is 5.41 Å². The lowest BCUT2D eigenvalue weighted by atomic mass is 9.78. The average molecular weight is 576 g/mol. The van der Waals surface area contributed by atoms with E-state index < -0.39 is 0 Å². The summed E-state index contributed by atoms with van der Waals surface area (Å²) in [4.78, 5) is 14.9. The molecule has 0 saturated carbocycles. The van der Waals surface area contributed by atoms with Gasteiger partial charge >= 0.3 is 0 Å². The largest absolute Gasteiger partial charge is 0.208 e. The lowest BCUT2D eigenvalue weighted by Gasteiger charge is -2.25. The van der Waals surface area contributed by atoms with Crippen LogP contribution in [0.2, 0.25) is 0 Å². The minimum absolute atomic E-state index is 0.177. The van der Waals surface area contributed by atoms with Gasteiger partial charge in [-0.25, -0.2) is 15.0 Å². The SMILES string of the molecule is CC1(C)c2c(ccc3cc(-c4nc(-c5ccccc5)nc(-c5ccccc5)n4)ccc23)-c2c1c1ccccc1c1ccccc21. The predicted molar refractivity (Wildman–Crippen MR) is 186 cm³/mol. The highest BCUT2D eigenvalue weighted by Gasteiger charge is 2.39. The molecule has 9 rings (SSSR count). The van der Waals surface area contributed by atoms with Crippen molar-refractivity contribution in [3.05, 3.63) is 151 Å². The Morgan fingerprint density at radius 1 is 0.400 bits per heavy atom. The van der Waals surface area contributed by atoms with E-state index in [-0.39, 0.29) is 5.41 Å². The molecule has 1 aromatic heterocycles. The van der Waals surface area contributed by atoms with Crippen molar-refractivity contribution < 1.29 is 0 Å². The summed E-state index contributed by atoms with van der Waals surface area (Å²) in [7, 11) is 0. The van der Waals surface area contributed by atoms with Crippen LogP contribution in [0, 0.1) is 0 Å². The highest BCUT2D eigenvalue weighted by molar-refractivity contribution is 6.19. The summed E-state index contributed by atoms with van der Waals surface area (Å²) in [5.74, 6) is 2.01. The first-order valence-electron chi connectivity index (χ1n) is 15.5. The summed E-state index contributed by atoms with van der Waals surface area (Å²) in [6, 6.07) is 49.3. The number of fused-ring (bicyclic) bond motifs is 10. The molecule has 0 saturated heterocycles. The van der Waals surface area contributed by atoms with Gasteiger partial charge in [0, 0.05) is 22.1 Å². The number of nitrogens with zero attached hydrogens (tertiary/aromatic N) is 3. The van der Waals surface area contributed by atoms with Gasteiger partial charge in [0.2, 0.25) is 0 Å². The van der Waals surface area contributed by atoms with Crippen LogP contribution in [0.25, 0.3) is 77.6 Å². The van der Waals surface area contributed by atoms with Crippen molar-refractivity contribution in [3.8, 4) is 45.3 Å². The van der Waals surface area contributed by atoms with Crippen molar-refractivity contribution in [2.75, 3.05) is 0 Å². The van der Waals surface area contributed by atoms with E-state index in [1.165, 1.54) is 54.6 Å². The Morgan fingerprint density at radius 3 is 1.53 bits per heavy atom. The molecule has 0 fully saturated rings. The summed E-state index contributed by atoms with van der Waals surface area (Å²) < 4.78 is 0. The molecule has 8 aromatic rings. The fourth-order valence-corrected chi connectivity index (χ4v) is 7.48. The summed E-state index contributed by atoms with van der Waals surface area (Å²) >= 11 is 0. The summed E-state index contributed by atoms with van der Waals surface area (Å²) in [5.41, 5.74) is 8.23. The molecule has 3 heteroatoms. The smallest absolute Gasteiger partial charge is 0.164 e. The molecule has 212 valence electrons. The number of hydrogen-bond donors (Lipinski definition) is 0. The van der Waals surface area contributed by atoms with Crippen molar-refractivity contribution in [2.45, 2.75) is 19.3 Å². The third kappa shape index (κ3) is 3.87. The predicted octanol–water partition coefficient (Wildman–Crippen LogP) is 10.6. The highest BCUT2D eigenvalue weighted by atomic mass is 15.0. The molecular formula is C42H29N3. The van der Waals surface area contributed by atoms with Crippen molar-refractivity contribution in [3.63, 3.8) is 0 Å². The molecule has 0 spiro atoms. The minimum atomic E-state index is -0.177. The second-order valence-electron chi connectivity index (χ2n) is 12.4. The molecule has 0 atom stereocenters. The second kappa shape index (κ2) is 9.67. The molecule has 1 aliphatic carbocycles. The van der Waals surface area contributed by atoms with Crippen LogP contribution >= 0.6 is 0 Å². The van der Waals surface area contributed by atoms with Gasteiger partial charge in [-0.3, -0.25) is 0 Å². The Labute approximate surface area is 261 Å². The molecule has 0 N–H and O–H groups in total. The van der Waals surface area contributed by atoms with E-state index in [0.717, 1.165) is 16.7 Å². The molecule has 3 nitrogen and oxygen atoms in total. The molecule has 0 radical (unpaired) electrons. The van der Waals surface area contributed by atoms with Gasteiger partial charge in [-0.05, 0) is 60.6 Å². The third-order valence-corrected chi connectivity index (χ3v) is 9.43. The van der Waals surface area contributed by atoms with Crippen LogP contribution in [0.5, 0.6) is 0 Å². The van der Waals surface area contributed by atoms with Crippen LogP contribution in [0.1, 0.15) is 25.0 Å². The Morgan fingerprint density at radius 2 is 0.911 bits per heavy atom. The fraction of sp³-hybridized carbons (Fsp3) is 0.0714. The zero-order chi connectivity index (χ0) is 30.1. The zero-order valence-corrected chi connectivity index (χ0v) is 25.1. The second-order valence-corrected chi connectivity index (χ2v) is 12.4. The zero-order valence-electron chi connectivity index (χ0n) is 25.1. The maximum atomic E-state index is 4.99. The maximum absolute atomic E-state index is 4.99. The molecule has 7 aromatic carbocycles. The fourth-order valence-electron chi connectivity index (χ4n) is 7.48. The van der Waals surface area contributed by atoms with Crippen LogP contribution in [0.4, 0.5) is 0 Å². The first-order valence-corrected chi connectivity index (χ1v) is 15.5. The summed E-state index contributed by atoms with van der Waals surface area (Å²) in [6.07, 6.45) is 0. The normalized spacial score (nSPS) is 13.3. The van der Waals surface area contributed by atoms with Crippen LogP contribution in [-0.4, -0.2) is 15.0 Å². The van der Waals surface area contributed by atoms with Crippen LogP contribution in [0.3, 0.4) is 0 Å². The van der Waals surface area contributed by atoms with Crippen LogP contribution < -0.4 is 0 Å². The molecule has 0 unspecified atom stereocenters. The lowest BCUT2D eigenvalue weighted by molar-refractivity contribution is 0.672. The number of hydrogen-bond acceptors (Lipinski definition) is 3. The van der Waals surface area contributed by atoms with Crippen LogP contribution in [0.15, 0.2) is 140 Å². The summed E-state index contributed by atoms with van der Waals surface area (Å²) in [6.45, 7) is 4.77. The lowest BCUT2D eigenvalue weighted by Crippen LogP contribution is -2.16. The van der Waals surface area contributed by atoms with Gasteiger partial charge in [0.15, 0.2) is 17.5 Å². The highest BCUT2D eigenvalue weighted by Crippen LogP contribution is 2.56. The first-order chi connectivity index (χ1) is 22.1. The van der Waals surface area contributed by atoms with Crippen molar-refractivity contribution in [1.82, 2.24) is 15.0 Å². The first kappa shape index (κ1) is 25.8. The molecule has 1 heterocycles. The maximum Gasteiger partial charge on any atom is 0.164 e. The van der Waals surface area contributed by atoms with Gasteiger partial charge < -0.3 is 0 Å². The minimum Gasteiger partial charge on any atom is -0.208 e. The Kier molecular flexibility index (Phi) is 5.54. The van der Waals surface area contributed by atoms with E-state index in [9.17, 15) is 0 Å². The van der Waals surface area contributed by atoms with Gasteiger partial charge in [0.05, 0.1) is 0 Å². The summed E-state index contributed by atoms with van der Waals surface area (Å²) in [5, 5.41) is 7.74. The Bertz CT molecular complexity index is 2390. The van der Waals surface area contributed by atoms with E-state index in [0.29, 0.717) is 17.5 Å². The molecular weight excluding hydrogens is 546 g/mol. The van der Waals surface area contributed by atoms with Gasteiger partial charge in [-0.1, -0.05) is 147 Å². The standard InChI is InChI=1S/C42H29N3/c1-42(2)37-30-23-22-29(41-44-39(26-13-5-3-6-14-26)43-40(45-41)27-15-7-4-8-16-27)25-28(30)21-24-35(37)36-33-19-11-9-17-31(33)32-18-10-12-20-34(32)38(36)42/h3-25H,1-2H3. The van der Waals surface area contributed by atoms with Gasteiger partial charge in [0.25, 0.3) is 0 Å². The molecule has 0 aliphatic heterocycles. The number of benzene rings is 7. The average Bonchev–Trinajstić information content (AvgIpc) is 3.36. The van der Waals surface area contributed by atoms with Crippen molar-refractivity contribution in [1.29, 1.82) is 0 Å². The van der Waals surface area contributed by atoms with Crippen molar-refractivity contribution >= 4 is 32.3 Å². The third-order valence-electron chi connectivity index (χ3n) is 9.43. The molecule has 1 aliphatic rings.